The van der Waals surface area contributed by atoms with E-state index in [1.165, 1.54) is 0 Å². The van der Waals surface area contributed by atoms with Crippen LogP contribution in [-0.2, 0) is 19.1 Å². The molecule has 0 aliphatic heterocycles. The number of aliphatic hydroxyl groups excluding tert-OH is 1. The van der Waals surface area contributed by atoms with E-state index in [4.69, 9.17) is 14.2 Å². The quantitative estimate of drug-likeness (QED) is 0.646. The van der Waals surface area contributed by atoms with E-state index in [1.54, 1.807) is 38.3 Å². The van der Waals surface area contributed by atoms with Gasteiger partial charge in [-0.1, -0.05) is 24.3 Å². The number of ether oxygens (including phenoxy) is 3. The molecule has 0 heterocycles. The topological polar surface area (TPSA) is 82.1 Å². The van der Waals surface area contributed by atoms with Crippen molar-refractivity contribution in [2.45, 2.75) is 26.1 Å². The highest BCUT2D eigenvalue weighted by molar-refractivity contribution is 5.87. The average molecular weight is 332 g/mol. The molecule has 0 aromatic heterocycles. The van der Waals surface area contributed by atoms with Crippen LogP contribution in [0, 0.1) is 0 Å². The molecule has 0 bridgehead atoms. The molecule has 2 atom stereocenters. The molecular formula is C18H20O6. The summed E-state index contributed by atoms with van der Waals surface area (Å²) in [7, 11) is 1.59. The van der Waals surface area contributed by atoms with Gasteiger partial charge in [0, 0.05) is 6.92 Å². The maximum Gasteiger partial charge on any atom is 0.319 e. The summed E-state index contributed by atoms with van der Waals surface area (Å²) in [6.07, 6.45) is -1.61. The molecule has 2 aromatic carbocycles. The van der Waals surface area contributed by atoms with Crippen LogP contribution in [0.1, 0.15) is 25.3 Å². The van der Waals surface area contributed by atoms with Gasteiger partial charge in [0.15, 0.2) is 0 Å². The zero-order chi connectivity index (χ0) is 17.7. The zero-order valence-corrected chi connectivity index (χ0v) is 13.8. The van der Waals surface area contributed by atoms with Crippen LogP contribution in [0.2, 0.25) is 0 Å². The van der Waals surface area contributed by atoms with Crippen molar-refractivity contribution in [3.8, 4) is 5.75 Å². The van der Waals surface area contributed by atoms with Gasteiger partial charge in [-0.25, -0.2) is 0 Å². The SMILES string of the molecule is CCOC(=O)C(c1ccc2cc(OC)ccc2c1)C(O)OC(C)=O. The van der Waals surface area contributed by atoms with Gasteiger partial charge in [-0.05, 0) is 35.4 Å². The van der Waals surface area contributed by atoms with Crippen LogP contribution in [0.3, 0.4) is 0 Å². The molecule has 1 N–H and O–H groups in total. The number of benzene rings is 2. The molecule has 0 radical (unpaired) electrons. The summed E-state index contributed by atoms with van der Waals surface area (Å²) in [5.41, 5.74) is 0.500. The first kappa shape index (κ1) is 17.7. The molecule has 24 heavy (non-hydrogen) atoms. The monoisotopic (exact) mass is 332 g/mol. The number of carbonyl (C=O) groups excluding carboxylic acids is 2. The Bertz CT molecular complexity index is 739. The van der Waals surface area contributed by atoms with Crippen LogP contribution >= 0.6 is 0 Å². The number of esters is 2. The van der Waals surface area contributed by atoms with Crippen LogP contribution in [0.15, 0.2) is 36.4 Å². The third-order valence-electron chi connectivity index (χ3n) is 3.54. The Kier molecular flexibility index (Phi) is 5.76. The molecule has 2 rings (SSSR count). The largest absolute Gasteiger partial charge is 0.497 e. The first-order valence-electron chi connectivity index (χ1n) is 7.56. The molecule has 2 unspecified atom stereocenters. The average Bonchev–Trinajstić information content (AvgIpc) is 2.54. The number of rotatable bonds is 6. The number of hydrogen-bond donors (Lipinski definition) is 1. The molecule has 2 aromatic rings. The van der Waals surface area contributed by atoms with Crippen molar-refractivity contribution in [2.75, 3.05) is 13.7 Å². The highest BCUT2D eigenvalue weighted by atomic mass is 16.6. The lowest BCUT2D eigenvalue weighted by Gasteiger charge is -2.21. The second kappa shape index (κ2) is 7.79. The molecule has 128 valence electrons. The van der Waals surface area contributed by atoms with Crippen LogP contribution in [0.25, 0.3) is 10.8 Å². The third-order valence-corrected chi connectivity index (χ3v) is 3.54. The Morgan fingerprint density at radius 3 is 2.42 bits per heavy atom. The molecule has 0 spiro atoms. The van der Waals surface area contributed by atoms with Gasteiger partial charge in [-0.2, -0.15) is 0 Å². The minimum Gasteiger partial charge on any atom is -0.497 e. The summed E-state index contributed by atoms with van der Waals surface area (Å²) in [6, 6.07) is 10.8. The van der Waals surface area contributed by atoms with E-state index in [1.807, 2.05) is 12.1 Å². The van der Waals surface area contributed by atoms with Crippen molar-refractivity contribution in [2.24, 2.45) is 0 Å². The van der Waals surface area contributed by atoms with Crippen molar-refractivity contribution >= 4 is 22.7 Å². The maximum atomic E-state index is 12.2. The Hall–Kier alpha value is -2.60. The number of fused-ring (bicyclic) bond motifs is 1. The molecule has 6 heteroatoms. The van der Waals surface area contributed by atoms with E-state index in [9.17, 15) is 14.7 Å². The van der Waals surface area contributed by atoms with E-state index < -0.39 is 24.1 Å². The summed E-state index contributed by atoms with van der Waals surface area (Å²) in [5.74, 6) is -1.72. The predicted molar refractivity (Wildman–Crippen MR) is 87.6 cm³/mol. The summed E-state index contributed by atoms with van der Waals surface area (Å²) < 4.78 is 15.0. The highest BCUT2D eigenvalue weighted by Gasteiger charge is 2.32. The van der Waals surface area contributed by atoms with Gasteiger partial charge in [0.05, 0.1) is 13.7 Å². The van der Waals surface area contributed by atoms with Gasteiger partial charge >= 0.3 is 11.9 Å². The van der Waals surface area contributed by atoms with Gasteiger partial charge in [0.1, 0.15) is 11.7 Å². The smallest absolute Gasteiger partial charge is 0.319 e. The van der Waals surface area contributed by atoms with E-state index in [-0.39, 0.29) is 6.61 Å². The molecule has 0 saturated heterocycles. The summed E-state index contributed by atoms with van der Waals surface area (Å²) >= 11 is 0. The predicted octanol–water partition coefficient (Wildman–Crippen LogP) is 2.38. The van der Waals surface area contributed by atoms with E-state index in [0.717, 1.165) is 23.4 Å². The number of aliphatic hydroxyl groups is 1. The van der Waals surface area contributed by atoms with Crippen LogP contribution < -0.4 is 4.74 Å². The van der Waals surface area contributed by atoms with Crippen molar-refractivity contribution in [1.82, 2.24) is 0 Å². The second-order valence-electron chi connectivity index (χ2n) is 5.20. The molecule has 0 fully saturated rings. The molecule has 0 saturated carbocycles. The second-order valence-corrected chi connectivity index (χ2v) is 5.20. The summed E-state index contributed by atoms with van der Waals surface area (Å²) in [6.45, 7) is 2.99. The lowest BCUT2D eigenvalue weighted by atomic mass is 9.95. The normalized spacial score (nSPS) is 13.2. The van der Waals surface area contributed by atoms with E-state index in [0.29, 0.717) is 5.56 Å². The molecule has 0 amide bonds. The third kappa shape index (κ3) is 4.02. The van der Waals surface area contributed by atoms with E-state index >= 15 is 0 Å². The summed E-state index contributed by atoms with van der Waals surface area (Å²) in [4.78, 5) is 23.3. The van der Waals surface area contributed by atoms with Gasteiger partial charge in [-0.3, -0.25) is 9.59 Å². The Morgan fingerprint density at radius 2 is 1.79 bits per heavy atom. The van der Waals surface area contributed by atoms with Crippen molar-refractivity contribution in [1.29, 1.82) is 0 Å². The Morgan fingerprint density at radius 1 is 1.12 bits per heavy atom. The fourth-order valence-electron chi connectivity index (χ4n) is 2.45. The van der Waals surface area contributed by atoms with Crippen LogP contribution in [0.4, 0.5) is 0 Å². The number of hydrogen-bond acceptors (Lipinski definition) is 6. The van der Waals surface area contributed by atoms with Crippen molar-refractivity contribution < 1.29 is 28.9 Å². The first-order valence-corrected chi connectivity index (χ1v) is 7.56. The fourth-order valence-corrected chi connectivity index (χ4v) is 2.45. The standard InChI is InChI=1S/C18H20O6/c1-4-23-17(20)16(18(21)24-11(2)19)14-6-5-13-10-15(22-3)8-7-12(13)9-14/h5-10,16,18,21H,4H2,1-3H3. The lowest BCUT2D eigenvalue weighted by molar-refractivity contribution is -0.176. The van der Waals surface area contributed by atoms with Gasteiger partial charge in [-0.15, -0.1) is 0 Å². The molecule has 0 aliphatic carbocycles. The Labute approximate surface area is 139 Å². The Balaban J connectivity index is 2.42. The van der Waals surface area contributed by atoms with Gasteiger partial charge in [0.25, 0.3) is 0 Å². The summed E-state index contributed by atoms with van der Waals surface area (Å²) in [5, 5.41) is 11.9. The highest BCUT2D eigenvalue weighted by Crippen LogP contribution is 2.28. The maximum absolute atomic E-state index is 12.2. The van der Waals surface area contributed by atoms with Gasteiger partial charge in [0.2, 0.25) is 6.29 Å². The number of methoxy groups -OCH3 is 1. The van der Waals surface area contributed by atoms with Gasteiger partial charge < -0.3 is 19.3 Å². The van der Waals surface area contributed by atoms with Crippen molar-refractivity contribution in [3.05, 3.63) is 42.0 Å². The minimum absolute atomic E-state index is 0.160. The van der Waals surface area contributed by atoms with E-state index in [2.05, 4.69) is 0 Å². The van der Waals surface area contributed by atoms with Crippen molar-refractivity contribution in [3.63, 3.8) is 0 Å². The molecule has 0 aliphatic rings. The minimum atomic E-state index is -1.61. The molecule has 6 nitrogen and oxygen atoms in total. The lowest BCUT2D eigenvalue weighted by Crippen LogP contribution is -2.31. The zero-order valence-electron chi connectivity index (χ0n) is 13.8. The first-order chi connectivity index (χ1) is 11.5. The molecular weight excluding hydrogens is 312 g/mol. The fraction of sp³-hybridized carbons (Fsp3) is 0.333. The number of carbonyl (C=O) groups is 2. The van der Waals surface area contributed by atoms with Crippen LogP contribution in [-0.4, -0.2) is 37.1 Å². The van der Waals surface area contributed by atoms with Crippen LogP contribution in [0.5, 0.6) is 5.75 Å².